The van der Waals surface area contributed by atoms with E-state index in [0.717, 1.165) is 24.2 Å². The third-order valence-corrected chi connectivity index (χ3v) is 3.18. The molecule has 2 rings (SSSR count). The number of carbonyl (C=O) groups excluding carboxylic acids is 1. The third kappa shape index (κ3) is 1.95. The van der Waals surface area contributed by atoms with Crippen molar-refractivity contribution in [2.45, 2.75) is 32.2 Å². The quantitative estimate of drug-likeness (QED) is 0.794. The van der Waals surface area contributed by atoms with Gasteiger partial charge in [0.05, 0.1) is 16.9 Å². The highest BCUT2D eigenvalue weighted by Gasteiger charge is 2.44. The Morgan fingerprint density at radius 3 is 2.75 bits per heavy atom. The van der Waals surface area contributed by atoms with Gasteiger partial charge in [-0.25, -0.2) is 0 Å². The van der Waals surface area contributed by atoms with Crippen molar-refractivity contribution in [3.63, 3.8) is 0 Å². The fourth-order valence-corrected chi connectivity index (χ4v) is 1.85. The number of nitrogens with two attached hydrogens (primary N) is 1. The predicted octanol–water partition coefficient (Wildman–Crippen LogP) is 0.794. The van der Waals surface area contributed by atoms with Crippen LogP contribution in [-0.2, 0) is 11.8 Å². The van der Waals surface area contributed by atoms with Crippen LogP contribution in [0.1, 0.15) is 25.5 Å². The van der Waals surface area contributed by atoms with Gasteiger partial charge >= 0.3 is 0 Å². The molecule has 0 spiro atoms. The second kappa shape index (κ2) is 3.59. The average molecular weight is 222 g/mol. The Hall–Kier alpha value is -1.36. The number of nitrogens with one attached hydrogen (secondary N) is 1. The van der Waals surface area contributed by atoms with Crippen LogP contribution in [0.4, 0.5) is 5.69 Å². The highest BCUT2D eigenvalue weighted by atomic mass is 16.2. The molecule has 0 aromatic carbocycles. The third-order valence-electron chi connectivity index (χ3n) is 3.18. The Labute approximate surface area is 95.0 Å². The minimum absolute atomic E-state index is 0.119. The van der Waals surface area contributed by atoms with Crippen LogP contribution in [-0.4, -0.2) is 21.2 Å². The van der Waals surface area contributed by atoms with Crippen LogP contribution >= 0.6 is 0 Å². The van der Waals surface area contributed by atoms with Crippen molar-refractivity contribution in [3.05, 3.63) is 11.9 Å². The number of carbonyl (C=O) groups is 1. The van der Waals surface area contributed by atoms with Crippen LogP contribution in [0.5, 0.6) is 0 Å². The molecule has 1 aromatic rings. The molecule has 88 valence electrons. The average Bonchev–Trinajstić information content (AvgIpc) is 2.95. The van der Waals surface area contributed by atoms with Crippen molar-refractivity contribution in [3.8, 4) is 0 Å². The van der Waals surface area contributed by atoms with Crippen LogP contribution < -0.4 is 11.1 Å². The Bertz CT molecular complexity index is 418. The number of hydrogen-bond donors (Lipinski definition) is 2. The summed E-state index contributed by atoms with van der Waals surface area (Å²) in [6.07, 6.45) is 3.88. The van der Waals surface area contributed by atoms with E-state index in [4.69, 9.17) is 5.73 Å². The fraction of sp³-hybridized carbons (Fsp3) is 0.636. The molecule has 1 aromatic heterocycles. The maximum atomic E-state index is 12.0. The summed E-state index contributed by atoms with van der Waals surface area (Å²) in [4.78, 5) is 12.0. The van der Waals surface area contributed by atoms with Gasteiger partial charge in [0.2, 0.25) is 5.91 Å². The summed E-state index contributed by atoms with van der Waals surface area (Å²) in [5.41, 5.74) is 6.82. The van der Waals surface area contributed by atoms with Crippen molar-refractivity contribution in [2.24, 2.45) is 18.7 Å². The Kier molecular flexibility index (Phi) is 2.50. The number of hydrogen-bond acceptors (Lipinski definition) is 3. The maximum Gasteiger partial charge on any atom is 0.244 e. The summed E-state index contributed by atoms with van der Waals surface area (Å²) in [5.74, 6) is 0.204. The van der Waals surface area contributed by atoms with Gasteiger partial charge in [-0.05, 0) is 32.6 Å². The maximum absolute atomic E-state index is 12.0. The second-order valence-corrected chi connectivity index (χ2v) is 4.81. The summed E-state index contributed by atoms with van der Waals surface area (Å²) in [7, 11) is 1.82. The van der Waals surface area contributed by atoms with Crippen LogP contribution in [0, 0.1) is 12.8 Å². The highest BCUT2D eigenvalue weighted by Crippen LogP contribution is 2.38. The molecule has 1 aliphatic rings. The zero-order chi connectivity index (χ0) is 11.9. The topological polar surface area (TPSA) is 72.9 Å². The number of amides is 1. The molecule has 0 bridgehead atoms. The molecule has 1 heterocycles. The molecular formula is C11H18N4O. The van der Waals surface area contributed by atoms with Gasteiger partial charge in [0, 0.05) is 13.2 Å². The fourth-order valence-electron chi connectivity index (χ4n) is 1.85. The number of aromatic nitrogens is 2. The zero-order valence-corrected chi connectivity index (χ0v) is 9.95. The molecule has 16 heavy (non-hydrogen) atoms. The molecule has 0 radical (unpaired) electrons. The summed E-state index contributed by atoms with van der Waals surface area (Å²) >= 11 is 0. The Morgan fingerprint density at radius 1 is 1.69 bits per heavy atom. The molecule has 0 saturated heterocycles. The number of rotatable bonds is 3. The first-order valence-electron chi connectivity index (χ1n) is 5.52. The summed E-state index contributed by atoms with van der Waals surface area (Å²) in [6, 6.07) is 0. The van der Waals surface area contributed by atoms with E-state index in [1.54, 1.807) is 17.8 Å². The van der Waals surface area contributed by atoms with Crippen molar-refractivity contribution < 1.29 is 4.79 Å². The van der Waals surface area contributed by atoms with Gasteiger partial charge < -0.3 is 11.1 Å². The minimum Gasteiger partial charge on any atom is -0.322 e. The van der Waals surface area contributed by atoms with Gasteiger partial charge in [-0.2, -0.15) is 5.10 Å². The monoisotopic (exact) mass is 222 g/mol. The normalized spacial score (nSPS) is 19.2. The molecule has 3 N–H and O–H groups in total. The lowest BCUT2D eigenvalue weighted by Crippen LogP contribution is -2.50. The predicted molar refractivity (Wildman–Crippen MR) is 61.9 cm³/mol. The molecule has 1 atom stereocenters. The largest absolute Gasteiger partial charge is 0.322 e. The first-order valence-corrected chi connectivity index (χ1v) is 5.52. The van der Waals surface area contributed by atoms with Crippen molar-refractivity contribution >= 4 is 11.6 Å². The SMILES string of the molecule is Cc1nn(C)cc1NC(=O)C(C)(N)C1CC1. The van der Waals surface area contributed by atoms with Crippen LogP contribution in [0.3, 0.4) is 0 Å². The van der Waals surface area contributed by atoms with Gasteiger partial charge in [-0.1, -0.05) is 0 Å². The molecule has 1 amide bonds. The number of nitrogens with zero attached hydrogens (tertiary/aromatic N) is 2. The summed E-state index contributed by atoms with van der Waals surface area (Å²) in [6.45, 7) is 3.66. The van der Waals surface area contributed by atoms with Gasteiger partial charge in [-0.15, -0.1) is 0 Å². The molecule has 5 heteroatoms. The lowest BCUT2D eigenvalue weighted by atomic mass is 9.96. The van der Waals surface area contributed by atoms with Crippen LogP contribution in [0.15, 0.2) is 6.20 Å². The van der Waals surface area contributed by atoms with Gasteiger partial charge in [0.1, 0.15) is 0 Å². The minimum atomic E-state index is -0.762. The van der Waals surface area contributed by atoms with Gasteiger partial charge in [0.25, 0.3) is 0 Å². The summed E-state index contributed by atoms with van der Waals surface area (Å²) < 4.78 is 1.68. The van der Waals surface area contributed by atoms with Gasteiger partial charge in [0.15, 0.2) is 0 Å². The van der Waals surface area contributed by atoms with Crippen molar-refractivity contribution in [2.75, 3.05) is 5.32 Å². The lowest BCUT2D eigenvalue weighted by Gasteiger charge is -2.22. The molecule has 5 nitrogen and oxygen atoms in total. The molecular weight excluding hydrogens is 204 g/mol. The van der Waals surface area contributed by atoms with E-state index in [-0.39, 0.29) is 5.91 Å². The molecule has 1 unspecified atom stereocenters. The Morgan fingerprint density at radius 2 is 2.31 bits per heavy atom. The summed E-state index contributed by atoms with van der Waals surface area (Å²) in [5, 5.41) is 7.01. The molecule has 1 fully saturated rings. The highest BCUT2D eigenvalue weighted by molar-refractivity contribution is 5.98. The van der Waals surface area contributed by atoms with E-state index in [9.17, 15) is 4.79 Å². The molecule has 1 saturated carbocycles. The first kappa shape index (κ1) is 11.1. The first-order chi connectivity index (χ1) is 7.41. The van der Waals surface area contributed by atoms with Crippen LogP contribution in [0.2, 0.25) is 0 Å². The van der Waals surface area contributed by atoms with E-state index >= 15 is 0 Å². The van der Waals surface area contributed by atoms with Crippen molar-refractivity contribution in [1.29, 1.82) is 0 Å². The second-order valence-electron chi connectivity index (χ2n) is 4.81. The van der Waals surface area contributed by atoms with E-state index in [0.29, 0.717) is 5.92 Å². The van der Waals surface area contributed by atoms with E-state index < -0.39 is 5.54 Å². The smallest absolute Gasteiger partial charge is 0.244 e. The van der Waals surface area contributed by atoms with Gasteiger partial charge in [-0.3, -0.25) is 9.48 Å². The van der Waals surface area contributed by atoms with E-state index in [2.05, 4.69) is 10.4 Å². The number of anilines is 1. The van der Waals surface area contributed by atoms with Crippen molar-refractivity contribution in [1.82, 2.24) is 9.78 Å². The molecule has 0 aliphatic heterocycles. The zero-order valence-electron chi connectivity index (χ0n) is 9.95. The van der Waals surface area contributed by atoms with E-state index in [1.165, 1.54) is 0 Å². The lowest BCUT2D eigenvalue weighted by molar-refractivity contribution is -0.121. The number of aryl methyl sites for hydroxylation is 2. The van der Waals surface area contributed by atoms with Crippen LogP contribution in [0.25, 0.3) is 0 Å². The Balaban J connectivity index is 2.10. The molecule has 1 aliphatic carbocycles. The van der Waals surface area contributed by atoms with E-state index in [1.807, 2.05) is 14.0 Å². The standard InChI is InChI=1S/C11H18N4O/c1-7-9(6-15(3)14-7)13-10(16)11(2,12)8-4-5-8/h6,8H,4-5,12H2,1-3H3,(H,13,16).